The number of aryl methyl sites for hydroxylation is 1. The van der Waals surface area contributed by atoms with Crippen LogP contribution in [0, 0.1) is 5.82 Å². The third-order valence-corrected chi connectivity index (χ3v) is 3.49. The first-order chi connectivity index (χ1) is 7.00. The van der Waals surface area contributed by atoms with Crippen molar-refractivity contribution in [2.75, 3.05) is 0 Å². The number of halogens is 3. The first-order valence-corrected chi connectivity index (χ1v) is 5.68. The highest BCUT2D eigenvalue weighted by atomic mass is 35.5. The lowest BCUT2D eigenvalue weighted by molar-refractivity contribution is 0.600. The molecule has 0 atom stereocenters. The van der Waals surface area contributed by atoms with E-state index >= 15 is 0 Å². The molecule has 1 saturated carbocycles. The summed E-state index contributed by atoms with van der Waals surface area (Å²) < 4.78 is 13.2. The number of hydrogen-bond donors (Lipinski definition) is 1. The van der Waals surface area contributed by atoms with Gasteiger partial charge in [-0.15, -0.1) is 0 Å². The zero-order valence-electron chi connectivity index (χ0n) is 8.19. The summed E-state index contributed by atoms with van der Waals surface area (Å²) in [7, 11) is 0. The Kier molecular flexibility index (Phi) is 2.93. The van der Waals surface area contributed by atoms with E-state index in [1.165, 1.54) is 6.07 Å². The SMILES string of the molecule is NC1(CCc2cc(Cl)cc(F)c2Cl)CC1. The molecule has 0 aliphatic heterocycles. The first kappa shape index (κ1) is 11.2. The van der Waals surface area contributed by atoms with Crippen molar-refractivity contribution >= 4 is 23.2 Å². The van der Waals surface area contributed by atoms with Gasteiger partial charge in [0.05, 0.1) is 5.02 Å². The summed E-state index contributed by atoms with van der Waals surface area (Å²) in [4.78, 5) is 0. The molecule has 4 heteroatoms. The van der Waals surface area contributed by atoms with Crippen molar-refractivity contribution in [1.29, 1.82) is 0 Å². The monoisotopic (exact) mass is 247 g/mol. The van der Waals surface area contributed by atoms with Crippen molar-refractivity contribution in [3.8, 4) is 0 Å². The highest BCUT2D eigenvalue weighted by molar-refractivity contribution is 6.33. The van der Waals surface area contributed by atoms with E-state index in [2.05, 4.69) is 0 Å². The smallest absolute Gasteiger partial charge is 0.143 e. The fourth-order valence-electron chi connectivity index (χ4n) is 1.59. The lowest BCUT2D eigenvalue weighted by atomic mass is 10.0. The molecule has 15 heavy (non-hydrogen) atoms. The van der Waals surface area contributed by atoms with Gasteiger partial charge in [-0.05, 0) is 43.4 Å². The Labute approximate surface area is 98.4 Å². The standard InChI is InChI=1S/C11H12Cl2FN/c12-8-5-7(10(13)9(14)6-8)1-2-11(15)3-4-11/h5-6H,1-4,15H2. The fraction of sp³-hybridized carbons (Fsp3) is 0.455. The summed E-state index contributed by atoms with van der Waals surface area (Å²) in [6.45, 7) is 0. The molecule has 1 nitrogen and oxygen atoms in total. The molecule has 0 heterocycles. The molecule has 1 aromatic carbocycles. The van der Waals surface area contributed by atoms with Crippen molar-refractivity contribution in [3.05, 3.63) is 33.6 Å². The van der Waals surface area contributed by atoms with Crippen molar-refractivity contribution < 1.29 is 4.39 Å². The van der Waals surface area contributed by atoms with Crippen LogP contribution in [-0.4, -0.2) is 5.54 Å². The second kappa shape index (κ2) is 3.93. The van der Waals surface area contributed by atoms with Crippen LogP contribution in [0.25, 0.3) is 0 Å². The van der Waals surface area contributed by atoms with Crippen LogP contribution in [0.15, 0.2) is 12.1 Å². The van der Waals surface area contributed by atoms with Gasteiger partial charge in [-0.2, -0.15) is 0 Å². The maximum Gasteiger partial charge on any atom is 0.143 e. The van der Waals surface area contributed by atoms with Gasteiger partial charge >= 0.3 is 0 Å². The predicted molar refractivity (Wildman–Crippen MR) is 60.9 cm³/mol. The van der Waals surface area contributed by atoms with E-state index in [0.29, 0.717) is 11.4 Å². The van der Waals surface area contributed by atoms with Gasteiger partial charge in [-0.3, -0.25) is 0 Å². The van der Waals surface area contributed by atoms with Gasteiger partial charge in [0.1, 0.15) is 5.82 Å². The zero-order valence-corrected chi connectivity index (χ0v) is 9.71. The zero-order chi connectivity index (χ0) is 11.1. The van der Waals surface area contributed by atoms with Gasteiger partial charge in [0, 0.05) is 10.6 Å². The second-order valence-electron chi connectivity index (χ2n) is 4.22. The van der Waals surface area contributed by atoms with Crippen LogP contribution in [0.4, 0.5) is 4.39 Å². The van der Waals surface area contributed by atoms with Crippen molar-refractivity contribution in [3.63, 3.8) is 0 Å². The van der Waals surface area contributed by atoms with Crippen LogP contribution in [0.1, 0.15) is 24.8 Å². The quantitative estimate of drug-likeness (QED) is 0.813. The molecule has 2 N–H and O–H groups in total. The predicted octanol–water partition coefficient (Wildman–Crippen LogP) is 3.56. The Bertz CT molecular complexity index is 388. The van der Waals surface area contributed by atoms with E-state index in [1.54, 1.807) is 6.07 Å². The molecule has 1 aliphatic rings. The second-order valence-corrected chi connectivity index (χ2v) is 5.04. The normalized spacial score (nSPS) is 17.9. The summed E-state index contributed by atoms with van der Waals surface area (Å²) in [6, 6.07) is 2.93. The molecule has 82 valence electrons. The molecule has 0 spiro atoms. The van der Waals surface area contributed by atoms with E-state index in [-0.39, 0.29) is 10.6 Å². The number of benzene rings is 1. The average molecular weight is 248 g/mol. The van der Waals surface area contributed by atoms with Crippen LogP contribution >= 0.6 is 23.2 Å². The van der Waals surface area contributed by atoms with Gasteiger partial charge in [-0.1, -0.05) is 23.2 Å². The van der Waals surface area contributed by atoms with E-state index in [0.717, 1.165) is 24.8 Å². The first-order valence-electron chi connectivity index (χ1n) is 4.92. The summed E-state index contributed by atoms with van der Waals surface area (Å²) in [5, 5.41) is 0.553. The molecule has 1 aliphatic carbocycles. The Morgan fingerprint density at radius 1 is 1.33 bits per heavy atom. The maximum absolute atomic E-state index is 13.2. The van der Waals surface area contributed by atoms with Crippen LogP contribution in [-0.2, 0) is 6.42 Å². The van der Waals surface area contributed by atoms with Gasteiger partial charge in [0.15, 0.2) is 0 Å². The lowest BCUT2D eigenvalue weighted by Crippen LogP contribution is -2.22. The average Bonchev–Trinajstić information content (AvgIpc) is 2.88. The Hall–Kier alpha value is -0.310. The van der Waals surface area contributed by atoms with E-state index in [4.69, 9.17) is 28.9 Å². The Morgan fingerprint density at radius 2 is 2.00 bits per heavy atom. The third-order valence-electron chi connectivity index (χ3n) is 2.85. The van der Waals surface area contributed by atoms with Gasteiger partial charge in [0.2, 0.25) is 0 Å². The summed E-state index contributed by atoms with van der Waals surface area (Å²) in [5.41, 5.74) is 6.66. The molecule has 0 amide bonds. The molecule has 1 fully saturated rings. The van der Waals surface area contributed by atoms with Crippen LogP contribution in [0.3, 0.4) is 0 Å². The highest BCUT2D eigenvalue weighted by Crippen LogP contribution is 2.37. The van der Waals surface area contributed by atoms with E-state index in [9.17, 15) is 4.39 Å². The topological polar surface area (TPSA) is 26.0 Å². The van der Waals surface area contributed by atoms with Gasteiger partial charge in [-0.25, -0.2) is 4.39 Å². The summed E-state index contributed by atoms with van der Waals surface area (Å²) in [6.07, 6.45) is 3.63. The van der Waals surface area contributed by atoms with Gasteiger partial charge in [0.25, 0.3) is 0 Å². The molecule has 0 aromatic heterocycles. The number of hydrogen-bond acceptors (Lipinski definition) is 1. The molecule has 2 rings (SSSR count). The Morgan fingerprint density at radius 3 is 2.60 bits per heavy atom. The van der Waals surface area contributed by atoms with Crippen molar-refractivity contribution in [2.24, 2.45) is 5.73 Å². The molecule has 1 aromatic rings. The van der Waals surface area contributed by atoms with Crippen LogP contribution in [0.5, 0.6) is 0 Å². The lowest BCUT2D eigenvalue weighted by Gasteiger charge is -2.10. The molecule has 0 bridgehead atoms. The number of nitrogens with two attached hydrogens (primary N) is 1. The molecule has 0 saturated heterocycles. The third kappa shape index (κ3) is 2.63. The molecule has 0 unspecified atom stereocenters. The minimum Gasteiger partial charge on any atom is -0.325 e. The van der Waals surface area contributed by atoms with E-state index in [1.807, 2.05) is 0 Å². The molecule has 0 radical (unpaired) electrons. The van der Waals surface area contributed by atoms with Crippen molar-refractivity contribution in [2.45, 2.75) is 31.2 Å². The van der Waals surface area contributed by atoms with Crippen LogP contribution in [0.2, 0.25) is 10.0 Å². The largest absolute Gasteiger partial charge is 0.325 e. The molecular formula is C11H12Cl2FN. The van der Waals surface area contributed by atoms with Crippen LogP contribution < -0.4 is 5.73 Å². The molecular weight excluding hydrogens is 236 g/mol. The minimum absolute atomic E-state index is 0.0396. The minimum atomic E-state index is -0.457. The fourth-order valence-corrected chi connectivity index (χ4v) is 2.02. The summed E-state index contributed by atoms with van der Waals surface area (Å²) in [5.74, 6) is -0.457. The Balaban J connectivity index is 2.13. The summed E-state index contributed by atoms with van der Waals surface area (Å²) >= 11 is 11.6. The maximum atomic E-state index is 13.2. The van der Waals surface area contributed by atoms with Crippen molar-refractivity contribution in [1.82, 2.24) is 0 Å². The van der Waals surface area contributed by atoms with Gasteiger partial charge < -0.3 is 5.73 Å². The number of rotatable bonds is 3. The highest BCUT2D eigenvalue weighted by Gasteiger charge is 2.37. The van der Waals surface area contributed by atoms with E-state index < -0.39 is 5.82 Å².